The van der Waals surface area contributed by atoms with Crippen LogP contribution in [0.15, 0.2) is 66.7 Å². The van der Waals surface area contributed by atoms with Gasteiger partial charge in [-0.25, -0.2) is 0 Å². The molecule has 2 saturated carbocycles. The Bertz CT molecular complexity index is 1180. The molecule has 6 atom stereocenters. The van der Waals surface area contributed by atoms with E-state index in [-0.39, 0.29) is 53.8 Å². The van der Waals surface area contributed by atoms with Gasteiger partial charge in [0.25, 0.3) is 5.91 Å². The van der Waals surface area contributed by atoms with Crippen LogP contribution in [0.1, 0.15) is 34.1 Å². The number of carbonyl (C=O) groups excluding carboxylic acids is 4. The van der Waals surface area contributed by atoms with Crippen LogP contribution in [0.3, 0.4) is 0 Å². The number of Topliss-reactive ketones (excluding diaryl/α,β-unsaturated/α-hetero) is 1. The third kappa shape index (κ3) is 3.00. The quantitative estimate of drug-likeness (QED) is 0.405. The lowest BCUT2D eigenvalue weighted by Crippen LogP contribution is -2.45. The van der Waals surface area contributed by atoms with Crippen molar-refractivity contribution in [3.05, 3.63) is 77.9 Å². The molecule has 166 valence electrons. The van der Waals surface area contributed by atoms with Crippen LogP contribution in [-0.2, 0) is 9.59 Å². The van der Waals surface area contributed by atoms with Gasteiger partial charge in [-0.3, -0.25) is 29.0 Å². The van der Waals surface area contributed by atoms with Crippen molar-refractivity contribution in [3.8, 4) is 0 Å². The number of nitrogens with zero attached hydrogens (tertiary/aromatic N) is 2. The molecule has 5 aliphatic rings. The monoisotopic (exact) mass is 440 g/mol. The summed E-state index contributed by atoms with van der Waals surface area (Å²) < 4.78 is 0. The minimum absolute atomic E-state index is 0.120. The molecule has 0 N–H and O–H groups in total. The lowest BCUT2D eigenvalue weighted by Gasteiger charge is -2.37. The van der Waals surface area contributed by atoms with E-state index in [4.69, 9.17) is 0 Å². The highest BCUT2D eigenvalue weighted by atomic mass is 16.2. The molecule has 33 heavy (non-hydrogen) atoms. The van der Waals surface area contributed by atoms with Gasteiger partial charge >= 0.3 is 0 Å². The molecule has 0 unspecified atom stereocenters. The number of hydrogen-bond acceptors (Lipinski definition) is 4. The molecule has 1 heterocycles. The minimum Gasteiger partial charge on any atom is -0.295 e. The lowest BCUT2D eigenvalue weighted by atomic mass is 9.63. The van der Waals surface area contributed by atoms with E-state index >= 15 is 0 Å². The number of likely N-dealkylation sites (tertiary alicyclic amines) is 1. The summed E-state index contributed by atoms with van der Waals surface area (Å²) in [7, 11) is 0. The number of rotatable bonds is 5. The smallest absolute Gasteiger partial charge is 0.259 e. The van der Waals surface area contributed by atoms with Crippen LogP contribution in [0, 0.1) is 35.5 Å². The fraction of sp³-hybridized carbons (Fsp3) is 0.333. The summed E-state index contributed by atoms with van der Waals surface area (Å²) in [5.41, 5.74) is 1.40. The summed E-state index contributed by atoms with van der Waals surface area (Å²) in [6.07, 6.45) is 5.38. The van der Waals surface area contributed by atoms with Gasteiger partial charge in [0, 0.05) is 16.8 Å². The molecular formula is C27H24N2O4. The molecule has 7 rings (SSSR count). The number of anilines is 1. The molecule has 0 radical (unpaired) electrons. The first-order valence-corrected chi connectivity index (χ1v) is 11.5. The molecule has 2 bridgehead atoms. The summed E-state index contributed by atoms with van der Waals surface area (Å²) in [6.45, 7) is 1.31. The molecule has 4 aliphatic carbocycles. The zero-order valence-electron chi connectivity index (χ0n) is 18.3. The highest BCUT2D eigenvalue weighted by Gasteiger charge is 2.67. The standard InChI is InChI=1S/C27H24N2O4/c1-15(30)17-8-5-9-18(12-17)28(25(31)16-6-3-2-4-7-16)14-29-26(32)23-19-10-11-20(22-13-21(19)22)24(23)27(29)33/h2-12,19-24H,13-14H2,1H3/t19-,20-,21-,22-,23-,24+/m1/s1. The number of imide groups is 1. The van der Waals surface area contributed by atoms with E-state index in [2.05, 4.69) is 12.2 Å². The van der Waals surface area contributed by atoms with E-state index < -0.39 is 0 Å². The maximum Gasteiger partial charge on any atom is 0.259 e. The normalized spacial score (nSPS) is 30.8. The van der Waals surface area contributed by atoms with Crippen molar-refractivity contribution in [1.29, 1.82) is 0 Å². The Morgan fingerprint density at radius 3 is 2.09 bits per heavy atom. The van der Waals surface area contributed by atoms with Gasteiger partial charge in [-0.05, 0) is 61.3 Å². The van der Waals surface area contributed by atoms with E-state index in [1.165, 1.54) is 16.7 Å². The predicted octanol–water partition coefficient (Wildman–Crippen LogP) is 3.55. The van der Waals surface area contributed by atoms with Crippen LogP contribution < -0.4 is 4.90 Å². The Hall–Kier alpha value is -3.54. The average Bonchev–Trinajstić information content (AvgIpc) is 3.62. The molecule has 3 amide bonds. The van der Waals surface area contributed by atoms with Gasteiger partial charge in [0.05, 0.1) is 11.8 Å². The molecule has 1 aliphatic heterocycles. The second-order valence-electron chi connectivity index (χ2n) is 9.61. The maximum absolute atomic E-state index is 13.5. The Kier molecular flexibility index (Phi) is 4.41. The first-order valence-electron chi connectivity index (χ1n) is 11.5. The molecule has 2 aromatic carbocycles. The fourth-order valence-electron chi connectivity index (χ4n) is 6.19. The first kappa shape index (κ1) is 20.1. The molecule has 0 aromatic heterocycles. The Labute approximate surface area is 191 Å². The predicted molar refractivity (Wildman–Crippen MR) is 121 cm³/mol. The van der Waals surface area contributed by atoms with E-state index in [9.17, 15) is 19.2 Å². The largest absolute Gasteiger partial charge is 0.295 e. The molecule has 2 aromatic rings. The van der Waals surface area contributed by atoms with Gasteiger partial charge < -0.3 is 0 Å². The molecule has 1 saturated heterocycles. The van der Waals surface area contributed by atoms with Crippen molar-refractivity contribution in [1.82, 2.24) is 4.90 Å². The Balaban J connectivity index is 1.36. The second-order valence-corrected chi connectivity index (χ2v) is 9.61. The van der Waals surface area contributed by atoms with E-state index in [1.807, 2.05) is 6.07 Å². The highest BCUT2D eigenvalue weighted by molar-refractivity contribution is 6.10. The summed E-state index contributed by atoms with van der Waals surface area (Å²) in [6, 6.07) is 15.5. The van der Waals surface area contributed by atoms with Crippen molar-refractivity contribution in [2.45, 2.75) is 13.3 Å². The van der Waals surface area contributed by atoms with Crippen molar-refractivity contribution in [2.75, 3.05) is 11.6 Å². The highest BCUT2D eigenvalue weighted by Crippen LogP contribution is 2.65. The minimum atomic E-state index is -0.323. The SMILES string of the molecule is CC(=O)c1cccc(N(CN2C(=O)[C@@H]3[C@@H]4C=C[C@H]([C@H]5C[C@H]45)[C@@H]3C2=O)C(=O)c2ccccc2)c1. The Morgan fingerprint density at radius 1 is 0.879 bits per heavy atom. The first-order chi connectivity index (χ1) is 16.0. The van der Waals surface area contributed by atoms with Crippen LogP contribution >= 0.6 is 0 Å². The second kappa shape index (κ2) is 7.24. The van der Waals surface area contributed by atoms with Crippen molar-refractivity contribution >= 4 is 29.2 Å². The van der Waals surface area contributed by atoms with E-state index in [0.29, 0.717) is 28.7 Å². The fourth-order valence-corrected chi connectivity index (χ4v) is 6.19. The molecule has 3 fully saturated rings. The van der Waals surface area contributed by atoms with Gasteiger partial charge in [0.15, 0.2) is 5.78 Å². The van der Waals surface area contributed by atoms with Gasteiger partial charge in [0.1, 0.15) is 6.67 Å². The number of carbonyl (C=O) groups is 4. The van der Waals surface area contributed by atoms with Crippen LogP contribution in [0.2, 0.25) is 0 Å². The summed E-state index contributed by atoms with van der Waals surface area (Å²) in [4.78, 5) is 55.2. The summed E-state index contributed by atoms with van der Waals surface area (Å²) >= 11 is 0. The average molecular weight is 440 g/mol. The number of hydrogen-bond donors (Lipinski definition) is 0. The maximum atomic E-state index is 13.5. The van der Waals surface area contributed by atoms with Crippen LogP contribution in [0.25, 0.3) is 0 Å². The van der Waals surface area contributed by atoms with Gasteiger partial charge in [-0.2, -0.15) is 0 Å². The van der Waals surface area contributed by atoms with Gasteiger partial charge in [0.2, 0.25) is 11.8 Å². The summed E-state index contributed by atoms with van der Waals surface area (Å²) in [5.74, 6) is -0.120. The third-order valence-electron chi connectivity index (χ3n) is 7.87. The van der Waals surface area contributed by atoms with Crippen LogP contribution in [0.4, 0.5) is 5.69 Å². The van der Waals surface area contributed by atoms with Crippen LogP contribution in [0.5, 0.6) is 0 Å². The number of ketones is 1. The van der Waals surface area contributed by atoms with Crippen molar-refractivity contribution in [3.63, 3.8) is 0 Å². The number of benzene rings is 2. The summed E-state index contributed by atoms with van der Waals surface area (Å²) in [5, 5.41) is 0. The van der Waals surface area contributed by atoms with Gasteiger partial charge in [-0.1, -0.05) is 42.5 Å². The van der Waals surface area contributed by atoms with Crippen LogP contribution in [-0.4, -0.2) is 35.1 Å². The van der Waals surface area contributed by atoms with Crippen molar-refractivity contribution < 1.29 is 19.2 Å². The zero-order valence-corrected chi connectivity index (χ0v) is 18.3. The topological polar surface area (TPSA) is 74.8 Å². The van der Waals surface area contributed by atoms with E-state index in [0.717, 1.165) is 6.42 Å². The number of amides is 3. The van der Waals surface area contributed by atoms with Crippen molar-refractivity contribution in [2.24, 2.45) is 35.5 Å². The molecule has 0 spiro atoms. The number of allylic oxidation sites excluding steroid dienone is 2. The van der Waals surface area contributed by atoms with Gasteiger partial charge in [-0.15, -0.1) is 0 Å². The Morgan fingerprint density at radius 2 is 1.48 bits per heavy atom. The van der Waals surface area contributed by atoms with E-state index in [1.54, 1.807) is 48.5 Å². The third-order valence-corrected chi connectivity index (χ3v) is 7.87. The lowest BCUT2D eigenvalue weighted by molar-refractivity contribution is -0.140. The molecule has 6 heteroatoms. The zero-order chi connectivity index (χ0) is 22.9. The molecule has 6 nitrogen and oxygen atoms in total. The molecular weight excluding hydrogens is 416 g/mol.